The largest absolute Gasteiger partial charge is 0.508 e. The first-order chi connectivity index (χ1) is 16.1. The number of phenolic OH excluding ortho intramolecular Hbond substituents is 1. The van der Waals surface area contributed by atoms with Crippen LogP contribution >= 0.6 is 0 Å². The molecule has 1 aliphatic rings. The third kappa shape index (κ3) is 5.67. The fraction of sp³-hybridized carbons (Fsp3) is 0.240. The summed E-state index contributed by atoms with van der Waals surface area (Å²) in [7, 11) is 0. The average molecular weight is 448 g/mol. The van der Waals surface area contributed by atoms with E-state index >= 15 is 0 Å². The second-order valence-corrected chi connectivity index (χ2v) is 7.63. The van der Waals surface area contributed by atoms with Gasteiger partial charge in [0.2, 0.25) is 5.95 Å². The maximum Gasteiger partial charge on any atom is 0.324 e. The van der Waals surface area contributed by atoms with Gasteiger partial charge in [0.05, 0.1) is 12.3 Å². The Hall–Kier alpha value is -3.91. The van der Waals surface area contributed by atoms with Crippen molar-refractivity contribution in [2.24, 2.45) is 0 Å². The molecule has 0 bridgehead atoms. The summed E-state index contributed by atoms with van der Waals surface area (Å²) in [6, 6.07) is 16.2. The van der Waals surface area contributed by atoms with E-state index in [9.17, 15) is 9.90 Å². The molecule has 1 saturated heterocycles. The minimum Gasteiger partial charge on any atom is -0.508 e. The molecule has 1 fully saturated rings. The van der Waals surface area contributed by atoms with Crippen molar-refractivity contribution < 1.29 is 16.1 Å². The van der Waals surface area contributed by atoms with Crippen molar-refractivity contribution >= 4 is 23.4 Å². The summed E-state index contributed by atoms with van der Waals surface area (Å²) in [5.74, 6) is 0.593. The Labute approximate surface area is 194 Å². The van der Waals surface area contributed by atoms with Crippen LogP contribution in [0.3, 0.4) is 0 Å². The van der Waals surface area contributed by atoms with Crippen LogP contribution in [0.4, 0.5) is 22.1 Å². The molecule has 0 aliphatic carbocycles. The van der Waals surface area contributed by atoms with Gasteiger partial charge in [0.15, 0.2) is 0 Å². The Morgan fingerprint density at radius 2 is 2.09 bits per heavy atom. The molecule has 2 heterocycles. The summed E-state index contributed by atoms with van der Waals surface area (Å²) in [5.41, 5.74) is 2.98. The number of ether oxygens (including phenoxy) is 1. The van der Waals surface area contributed by atoms with Crippen LogP contribution in [-0.2, 0) is 4.74 Å². The molecular weight excluding hydrogens is 418 g/mol. The van der Waals surface area contributed by atoms with Crippen molar-refractivity contribution in [3.05, 3.63) is 73.4 Å². The molecule has 3 aromatic rings. The molecule has 4 rings (SSSR count). The maximum atomic E-state index is 13.2. The number of urea groups is 1. The summed E-state index contributed by atoms with van der Waals surface area (Å²) in [6.45, 7) is 6.66. The Morgan fingerprint density at radius 3 is 2.94 bits per heavy atom. The molecule has 8 nitrogen and oxygen atoms in total. The molecule has 2 N–H and O–H groups in total. The second-order valence-electron chi connectivity index (χ2n) is 7.63. The molecular formula is C25H29N5O3. The number of amides is 2. The highest BCUT2D eigenvalue weighted by Gasteiger charge is 2.22. The highest BCUT2D eigenvalue weighted by Crippen LogP contribution is 2.25. The lowest BCUT2D eigenvalue weighted by atomic mass is 10.1. The predicted molar refractivity (Wildman–Crippen MR) is 131 cm³/mol. The number of nitrogens with zero attached hydrogens (tertiary/aromatic N) is 4. The van der Waals surface area contributed by atoms with Gasteiger partial charge in [-0.15, -0.1) is 6.58 Å². The first-order valence-electron chi connectivity index (χ1n) is 10.9. The van der Waals surface area contributed by atoms with E-state index in [1.54, 1.807) is 41.4 Å². The zero-order valence-electron chi connectivity index (χ0n) is 18.4. The number of benzene rings is 2. The topological polar surface area (TPSA) is 90.8 Å². The number of phenols is 1. The molecule has 0 saturated carbocycles. The summed E-state index contributed by atoms with van der Waals surface area (Å²) in [5, 5.41) is 13.0. The highest BCUT2D eigenvalue weighted by atomic mass is 16.5. The Kier molecular flexibility index (Phi) is 7.16. The monoisotopic (exact) mass is 447 g/mol. The molecule has 1 aromatic heterocycles. The fourth-order valence-corrected chi connectivity index (χ4v) is 3.66. The Balaban J connectivity index is 0.00000324. The van der Waals surface area contributed by atoms with Crippen molar-refractivity contribution in [3.8, 4) is 17.0 Å². The highest BCUT2D eigenvalue weighted by molar-refractivity contribution is 5.93. The van der Waals surface area contributed by atoms with Gasteiger partial charge < -0.3 is 20.1 Å². The smallest absolute Gasteiger partial charge is 0.324 e. The quantitative estimate of drug-likeness (QED) is 0.534. The van der Waals surface area contributed by atoms with E-state index < -0.39 is 0 Å². The SMILES string of the molecule is C=CCN(C(=O)N1CCCOCC1)c1cccc(Nc2nccc(-c3cccc(O)c3)n2)c1.[HH]. The molecule has 1 aliphatic heterocycles. The predicted octanol–water partition coefficient (Wildman–Crippen LogP) is 4.67. The van der Waals surface area contributed by atoms with Crippen LogP contribution in [0.1, 0.15) is 7.85 Å². The van der Waals surface area contributed by atoms with E-state index in [1.165, 1.54) is 0 Å². The van der Waals surface area contributed by atoms with Gasteiger partial charge in [0.25, 0.3) is 0 Å². The first-order valence-corrected chi connectivity index (χ1v) is 10.9. The number of anilines is 3. The zero-order valence-corrected chi connectivity index (χ0v) is 18.4. The van der Waals surface area contributed by atoms with Crippen LogP contribution in [0, 0.1) is 0 Å². The van der Waals surface area contributed by atoms with Crippen LogP contribution in [0.2, 0.25) is 0 Å². The van der Waals surface area contributed by atoms with Gasteiger partial charge >= 0.3 is 6.03 Å². The van der Waals surface area contributed by atoms with E-state index in [0.717, 1.165) is 23.4 Å². The Bertz CT molecular complexity index is 1120. The molecule has 0 radical (unpaired) electrons. The van der Waals surface area contributed by atoms with Crippen LogP contribution in [-0.4, -0.2) is 58.9 Å². The van der Waals surface area contributed by atoms with Gasteiger partial charge in [0.1, 0.15) is 5.75 Å². The molecule has 0 spiro atoms. The van der Waals surface area contributed by atoms with E-state index in [1.807, 2.05) is 35.2 Å². The van der Waals surface area contributed by atoms with E-state index in [-0.39, 0.29) is 13.2 Å². The normalized spacial score (nSPS) is 13.8. The van der Waals surface area contributed by atoms with Gasteiger partial charge in [-0.1, -0.05) is 24.3 Å². The number of hydrogen-bond acceptors (Lipinski definition) is 6. The van der Waals surface area contributed by atoms with Crippen molar-refractivity contribution in [2.75, 3.05) is 43.1 Å². The third-order valence-electron chi connectivity index (χ3n) is 5.25. The average Bonchev–Trinajstić information content (AvgIpc) is 3.12. The van der Waals surface area contributed by atoms with Crippen molar-refractivity contribution in [3.63, 3.8) is 0 Å². The Morgan fingerprint density at radius 1 is 1.21 bits per heavy atom. The van der Waals surface area contributed by atoms with Gasteiger partial charge in [-0.25, -0.2) is 14.8 Å². The molecule has 172 valence electrons. The summed E-state index contributed by atoms with van der Waals surface area (Å²) < 4.78 is 5.48. The zero-order chi connectivity index (χ0) is 23.0. The molecule has 0 atom stereocenters. The number of nitrogens with one attached hydrogen (secondary N) is 1. The standard InChI is InChI=1S/C25H27N5O3.H2/c1-2-12-30(25(32)29-13-5-15-33-16-14-29)21-8-4-7-20(18-21)27-24-26-11-10-23(28-24)19-6-3-9-22(31)17-19;/h2-4,6-11,17-18,31H,1,5,12-16H2,(H,26,27,28);1H. The number of rotatable bonds is 6. The van der Waals surface area contributed by atoms with Crippen LogP contribution in [0.25, 0.3) is 11.3 Å². The van der Waals surface area contributed by atoms with Gasteiger partial charge in [-0.3, -0.25) is 4.90 Å². The number of aromatic hydroxyl groups is 1. The van der Waals surface area contributed by atoms with Gasteiger partial charge in [-0.05, 0) is 42.8 Å². The molecule has 2 amide bonds. The number of aromatic nitrogens is 2. The van der Waals surface area contributed by atoms with E-state index in [2.05, 4.69) is 21.9 Å². The number of hydrogen-bond donors (Lipinski definition) is 2. The fourth-order valence-electron chi connectivity index (χ4n) is 3.66. The van der Waals surface area contributed by atoms with Crippen molar-refractivity contribution in [2.45, 2.75) is 6.42 Å². The van der Waals surface area contributed by atoms with Crippen molar-refractivity contribution in [1.82, 2.24) is 14.9 Å². The van der Waals surface area contributed by atoms with Crippen LogP contribution in [0.15, 0.2) is 73.4 Å². The molecule has 33 heavy (non-hydrogen) atoms. The summed E-state index contributed by atoms with van der Waals surface area (Å²) in [4.78, 5) is 25.6. The minimum atomic E-state index is -0.0697. The first kappa shape index (κ1) is 22.3. The molecule has 0 unspecified atom stereocenters. The maximum absolute atomic E-state index is 13.2. The second kappa shape index (κ2) is 10.6. The van der Waals surface area contributed by atoms with Gasteiger partial charge in [0, 0.05) is 50.8 Å². The lowest BCUT2D eigenvalue weighted by Gasteiger charge is -2.29. The van der Waals surface area contributed by atoms with Crippen LogP contribution in [0.5, 0.6) is 5.75 Å². The third-order valence-corrected chi connectivity index (χ3v) is 5.25. The van der Waals surface area contributed by atoms with E-state index in [4.69, 9.17) is 4.74 Å². The number of carbonyl (C=O) groups excluding carboxylic acids is 1. The lowest BCUT2D eigenvalue weighted by molar-refractivity contribution is 0.143. The molecule has 8 heteroatoms. The van der Waals surface area contributed by atoms with Gasteiger partial charge in [-0.2, -0.15) is 0 Å². The van der Waals surface area contributed by atoms with Crippen molar-refractivity contribution in [1.29, 1.82) is 0 Å². The van der Waals surface area contributed by atoms with Crippen LogP contribution < -0.4 is 10.2 Å². The lowest BCUT2D eigenvalue weighted by Crippen LogP contribution is -2.44. The molecule has 2 aromatic carbocycles. The van der Waals surface area contributed by atoms with E-state index in [0.29, 0.717) is 44.5 Å². The minimum absolute atomic E-state index is 0. The number of carbonyl (C=O) groups is 1. The summed E-state index contributed by atoms with van der Waals surface area (Å²) >= 11 is 0. The summed E-state index contributed by atoms with van der Waals surface area (Å²) in [6.07, 6.45) is 4.20.